The summed E-state index contributed by atoms with van der Waals surface area (Å²) in [6, 6.07) is -0.00523. The number of amides is 1. The second-order valence-electron chi connectivity index (χ2n) is 2.51. The van der Waals surface area contributed by atoms with E-state index in [4.69, 9.17) is 9.47 Å². The first-order valence-corrected chi connectivity index (χ1v) is 3.83. The van der Waals surface area contributed by atoms with Gasteiger partial charge >= 0.3 is 6.09 Å². The molecule has 5 nitrogen and oxygen atoms in total. The first-order chi connectivity index (χ1) is 5.83. The number of nitrogens with one attached hydrogen (secondary N) is 1. The van der Waals surface area contributed by atoms with Crippen LogP contribution in [-0.2, 0) is 14.2 Å². The number of carbonyl (C=O) groups is 1. The summed E-state index contributed by atoms with van der Waals surface area (Å²) in [5.74, 6) is 0. The van der Waals surface area contributed by atoms with Gasteiger partial charge in [-0.25, -0.2) is 4.79 Å². The Morgan fingerprint density at radius 1 is 1.67 bits per heavy atom. The Morgan fingerprint density at radius 3 is 3.08 bits per heavy atom. The van der Waals surface area contributed by atoms with E-state index in [0.717, 1.165) is 0 Å². The third-order valence-electron chi connectivity index (χ3n) is 1.49. The zero-order chi connectivity index (χ0) is 8.81. The van der Waals surface area contributed by atoms with E-state index in [9.17, 15) is 4.79 Å². The first kappa shape index (κ1) is 9.28. The molecular formula is C7H13NO4. The summed E-state index contributed by atoms with van der Waals surface area (Å²) in [7, 11) is 1.61. The topological polar surface area (TPSA) is 56.8 Å². The second-order valence-corrected chi connectivity index (χ2v) is 2.51. The zero-order valence-corrected chi connectivity index (χ0v) is 7.04. The van der Waals surface area contributed by atoms with Crippen LogP contribution in [0.5, 0.6) is 0 Å². The second kappa shape index (κ2) is 4.95. The van der Waals surface area contributed by atoms with Gasteiger partial charge in [-0.15, -0.1) is 0 Å². The summed E-state index contributed by atoms with van der Waals surface area (Å²) in [5.41, 5.74) is 0. The van der Waals surface area contributed by atoms with Crippen molar-refractivity contribution < 1.29 is 19.0 Å². The first-order valence-electron chi connectivity index (χ1n) is 3.83. The van der Waals surface area contributed by atoms with Crippen molar-refractivity contribution in [1.29, 1.82) is 0 Å². The molecule has 1 N–H and O–H groups in total. The Balaban J connectivity index is 1.97. The molecule has 1 amide bonds. The lowest BCUT2D eigenvalue weighted by atomic mass is 10.4. The summed E-state index contributed by atoms with van der Waals surface area (Å²) < 4.78 is 14.6. The van der Waals surface area contributed by atoms with Gasteiger partial charge in [0.2, 0.25) is 0 Å². The molecule has 12 heavy (non-hydrogen) atoms. The van der Waals surface area contributed by atoms with E-state index in [1.54, 1.807) is 7.11 Å². The number of hydrogen-bond acceptors (Lipinski definition) is 4. The Kier molecular flexibility index (Phi) is 3.83. The van der Waals surface area contributed by atoms with E-state index in [-0.39, 0.29) is 12.1 Å². The molecule has 0 aromatic carbocycles. The van der Waals surface area contributed by atoms with Crippen LogP contribution >= 0.6 is 0 Å². The van der Waals surface area contributed by atoms with Gasteiger partial charge in [-0.05, 0) is 0 Å². The molecule has 1 heterocycles. The fourth-order valence-corrected chi connectivity index (χ4v) is 0.884. The van der Waals surface area contributed by atoms with Crippen LogP contribution in [0.15, 0.2) is 0 Å². The van der Waals surface area contributed by atoms with Crippen LogP contribution in [0.4, 0.5) is 4.79 Å². The highest BCUT2D eigenvalue weighted by molar-refractivity contribution is 5.69. The maximum atomic E-state index is 10.5. The van der Waals surface area contributed by atoms with Gasteiger partial charge in [0.15, 0.2) is 0 Å². The summed E-state index contributed by atoms with van der Waals surface area (Å²) in [4.78, 5) is 10.5. The molecule has 1 aliphatic rings. The Hall–Kier alpha value is -0.810. The molecule has 0 bridgehead atoms. The molecule has 5 heteroatoms. The van der Waals surface area contributed by atoms with Crippen LogP contribution in [-0.4, -0.2) is 45.7 Å². The van der Waals surface area contributed by atoms with Crippen molar-refractivity contribution in [3.8, 4) is 0 Å². The predicted molar refractivity (Wildman–Crippen MR) is 41.0 cm³/mol. The van der Waals surface area contributed by atoms with Crippen LogP contribution in [0.3, 0.4) is 0 Å². The molecule has 1 aliphatic heterocycles. The number of rotatable bonds is 5. The van der Waals surface area contributed by atoms with Gasteiger partial charge in [-0.2, -0.15) is 0 Å². The smallest absolute Gasteiger partial charge is 0.407 e. The average molecular weight is 175 g/mol. The number of alkyl carbamates (subject to hydrolysis) is 1. The van der Waals surface area contributed by atoms with Crippen LogP contribution in [0, 0.1) is 0 Å². The number of cyclic esters (lactones) is 1. The molecule has 1 saturated heterocycles. The normalized spacial score (nSPS) is 22.1. The van der Waals surface area contributed by atoms with E-state index in [1.165, 1.54) is 0 Å². The van der Waals surface area contributed by atoms with Crippen LogP contribution in [0.2, 0.25) is 0 Å². The van der Waals surface area contributed by atoms with Gasteiger partial charge in [0.05, 0.1) is 25.9 Å². The van der Waals surface area contributed by atoms with E-state index in [0.29, 0.717) is 26.4 Å². The molecule has 1 unspecified atom stereocenters. The number of ether oxygens (including phenoxy) is 3. The fourth-order valence-electron chi connectivity index (χ4n) is 0.884. The molecule has 1 rings (SSSR count). The zero-order valence-electron chi connectivity index (χ0n) is 7.04. The standard InChI is InChI=1S/C7H13NO4/c1-10-2-3-11-4-6-5-12-7(9)8-6/h6H,2-5H2,1H3,(H,8,9). The van der Waals surface area contributed by atoms with Gasteiger partial charge in [-0.1, -0.05) is 0 Å². The molecule has 0 aliphatic carbocycles. The largest absolute Gasteiger partial charge is 0.447 e. The minimum atomic E-state index is -0.365. The monoisotopic (exact) mass is 175 g/mol. The Morgan fingerprint density at radius 2 is 2.50 bits per heavy atom. The highest BCUT2D eigenvalue weighted by atomic mass is 16.6. The molecular weight excluding hydrogens is 162 g/mol. The molecule has 0 aromatic rings. The molecule has 0 saturated carbocycles. The van der Waals surface area contributed by atoms with E-state index >= 15 is 0 Å². The third-order valence-corrected chi connectivity index (χ3v) is 1.49. The summed E-state index contributed by atoms with van der Waals surface area (Å²) in [6.45, 7) is 1.99. The summed E-state index contributed by atoms with van der Waals surface area (Å²) in [5, 5.41) is 2.60. The summed E-state index contributed by atoms with van der Waals surface area (Å²) in [6.07, 6.45) is -0.365. The SMILES string of the molecule is COCCOCC1COC(=O)N1. The maximum absolute atomic E-state index is 10.5. The molecule has 70 valence electrons. The van der Waals surface area contributed by atoms with Crippen molar-refractivity contribution in [3.63, 3.8) is 0 Å². The van der Waals surface area contributed by atoms with Crippen molar-refractivity contribution in [3.05, 3.63) is 0 Å². The molecule has 1 fully saturated rings. The lowest BCUT2D eigenvalue weighted by Crippen LogP contribution is -2.31. The average Bonchev–Trinajstić information content (AvgIpc) is 2.45. The van der Waals surface area contributed by atoms with Crippen molar-refractivity contribution >= 4 is 6.09 Å². The number of carbonyl (C=O) groups excluding carboxylic acids is 1. The fraction of sp³-hybridized carbons (Fsp3) is 0.857. The van der Waals surface area contributed by atoms with Gasteiger partial charge in [-0.3, -0.25) is 0 Å². The van der Waals surface area contributed by atoms with Gasteiger partial charge in [0, 0.05) is 7.11 Å². The van der Waals surface area contributed by atoms with E-state index < -0.39 is 0 Å². The highest BCUT2D eigenvalue weighted by Crippen LogP contribution is 1.97. The Labute approximate surface area is 71.0 Å². The number of hydrogen-bond donors (Lipinski definition) is 1. The van der Waals surface area contributed by atoms with Crippen LogP contribution in [0.25, 0.3) is 0 Å². The number of methoxy groups -OCH3 is 1. The molecule has 0 spiro atoms. The van der Waals surface area contributed by atoms with E-state index in [1.807, 2.05) is 0 Å². The lowest BCUT2D eigenvalue weighted by molar-refractivity contribution is 0.0594. The minimum Gasteiger partial charge on any atom is -0.447 e. The maximum Gasteiger partial charge on any atom is 0.407 e. The van der Waals surface area contributed by atoms with Gasteiger partial charge in [0.1, 0.15) is 6.61 Å². The quantitative estimate of drug-likeness (QED) is 0.586. The predicted octanol–water partition coefficient (Wildman–Crippen LogP) is -0.242. The van der Waals surface area contributed by atoms with Crippen molar-refractivity contribution in [2.75, 3.05) is 33.5 Å². The molecule has 0 radical (unpaired) electrons. The highest BCUT2D eigenvalue weighted by Gasteiger charge is 2.21. The third kappa shape index (κ3) is 3.06. The summed E-state index contributed by atoms with van der Waals surface area (Å²) >= 11 is 0. The van der Waals surface area contributed by atoms with Crippen molar-refractivity contribution in [1.82, 2.24) is 5.32 Å². The van der Waals surface area contributed by atoms with Crippen LogP contribution < -0.4 is 5.32 Å². The van der Waals surface area contributed by atoms with Crippen molar-refractivity contribution in [2.24, 2.45) is 0 Å². The minimum absolute atomic E-state index is 0.00523. The molecule has 0 aromatic heterocycles. The van der Waals surface area contributed by atoms with Crippen molar-refractivity contribution in [2.45, 2.75) is 6.04 Å². The van der Waals surface area contributed by atoms with Crippen LogP contribution in [0.1, 0.15) is 0 Å². The van der Waals surface area contributed by atoms with E-state index in [2.05, 4.69) is 10.1 Å². The Bertz CT molecular complexity index is 150. The lowest BCUT2D eigenvalue weighted by Gasteiger charge is -2.07. The van der Waals surface area contributed by atoms with Gasteiger partial charge < -0.3 is 19.5 Å². The molecule has 1 atom stereocenters. The van der Waals surface area contributed by atoms with Gasteiger partial charge in [0.25, 0.3) is 0 Å².